The van der Waals surface area contributed by atoms with Crippen molar-refractivity contribution in [3.63, 3.8) is 0 Å². The number of piperidine rings is 1. The van der Waals surface area contributed by atoms with Gasteiger partial charge < -0.3 is 10.1 Å². The van der Waals surface area contributed by atoms with Gasteiger partial charge in [-0.2, -0.15) is 4.31 Å². The van der Waals surface area contributed by atoms with Gasteiger partial charge >= 0.3 is 0 Å². The summed E-state index contributed by atoms with van der Waals surface area (Å²) in [5, 5.41) is 2.92. The summed E-state index contributed by atoms with van der Waals surface area (Å²) in [4.78, 5) is 12.3. The third-order valence-corrected chi connectivity index (χ3v) is 7.20. The number of rotatable bonds is 6. The zero-order valence-corrected chi connectivity index (χ0v) is 18.1. The molecular weight excluding hydrogens is 412 g/mol. The van der Waals surface area contributed by atoms with Crippen LogP contribution in [0.4, 0.5) is 5.69 Å². The zero-order chi connectivity index (χ0) is 21.0. The molecule has 6 nitrogen and oxygen atoms in total. The SMILES string of the molecule is Cc1ccc(NC(=O)COc2ccc(S(=O)(=O)N3CCCCC3)cc2Cl)cc1C. The second kappa shape index (κ2) is 9.15. The molecule has 1 aliphatic rings. The van der Waals surface area contributed by atoms with Crippen LogP contribution < -0.4 is 10.1 Å². The van der Waals surface area contributed by atoms with Crippen LogP contribution in [-0.4, -0.2) is 38.3 Å². The van der Waals surface area contributed by atoms with E-state index in [2.05, 4.69) is 5.32 Å². The molecular formula is C21H25ClN2O4S. The van der Waals surface area contributed by atoms with Gasteiger partial charge in [-0.15, -0.1) is 0 Å². The van der Waals surface area contributed by atoms with Crippen LogP contribution in [0.1, 0.15) is 30.4 Å². The summed E-state index contributed by atoms with van der Waals surface area (Å²) >= 11 is 6.22. The van der Waals surface area contributed by atoms with Gasteiger partial charge in [0.05, 0.1) is 9.92 Å². The summed E-state index contributed by atoms with van der Waals surface area (Å²) in [6, 6.07) is 9.98. The van der Waals surface area contributed by atoms with E-state index in [1.54, 1.807) is 0 Å². The van der Waals surface area contributed by atoms with E-state index in [1.807, 2.05) is 32.0 Å². The van der Waals surface area contributed by atoms with Crippen molar-refractivity contribution >= 4 is 33.2 Å². The highest BCUT2D eigenvalue weighted by molar-refractivity contribution is 7.89. The van der Waals surface area contributed by atoms with Crippen molar-refractivity contribution in [2.24, 2.45) is 0 Å². The molecule has 0 unspecified atom stereocenters. The normalized spacial score (nSPS) is 15.1. The molecule has 1 amide bonds. The number of benzene rings is 2. The zero-order valence-electron chi connectivity index (χ0n) is 16.6. The third-order valence-electron chi connectivity index (χ3n) is 5.01. The molecule has 8 heteroatoms. The molecule has 3 rings (SSSR count). The minimum absolute atomic E-state index is 0.135. The Morgan fingerprint density at radius 3 is 2.45 bits per heavy atom. The molecule has 2 aromatic rings. The Kier molecular flexibility index (Phi) is 6.82. The molecule has 0 aliphatic carbocycles. The highest BCUT2D eigenvalue weighted by atomic mass is 35.5. The lowest BCUT2D eigenvalue weighted by Gasteiger charge is -2.26. The largest absolute Gasteiger partial charge is 0.482 e. The van der Waals surface area contributed by atoms with Crippen LogP contribution in [-0.2, 0) is 14.8 Å². The quantitative estimate of drug-likeness (QED) is 0.738. The van der Waals surface area contributed by atoms with Gasteiger partial charge in [0.25, 0.3) is 5.91 Å². The van der Waals surface area contributed by atoms with Crippen LogP contribution in [0.3, 0.4) is 0 Å². The third kappa shape index (κ3) is 5.29. The van der Waals surface area contributed by atoms with E-state index in [1.165, 1.54) is 22.5 Å². The molecule has 29 heavy (non-hydrogen) atoms. The predicted molar refractivity (Wildman–Crippen MR) is 114 cm³/mol. The number of hydrogen-bond donors (Lipinski definition) is 1. The molecule has 0 aromatic heterocycles. The van der Waals surface area contributed by atoms with Crippen LogP contribution in [0.5, 0.6) is 5.75 Å². The summed E-state index contributed by atoms with van der Waals surface area (Å²) in [7, 11) is -3.57. The fourth-order valence-electron chi connectivity index (χ4n) is 3.17. The minimum atomic E-state index is -3.57. The lowest BCUT2D eigenvalue weighted by atomic mass is 10.1. The molecule has 2 aromatic carbocycles. The monoisotopic (exact) mass is 436 g/mol. The second-order valence-electron chi connectivity index (χ2n) is 7.19. The Labute approximate surface area is 176 Å². The standard InChI is InChI=1S/C21H25ClN2O4S/c1-15-6-7-17(12-16(15)2)23-21(25)14-28-20-9-8-18(13-19(20)22)29(26,27)24-10-4-3-5-11-24/h6-9,12-13H,3-5,10-11,14H2,1-2H3,(H,23,25). The van der Waals surface area contributed by atoms with Gasteiger partial charge in [0, 0.05) is 18.8 Å². The number of hydrogen-bond acceptors (Lipinski definition) is 4. The maximum Gasteiger partial charge on any atom is 0.262 e. The van der Waals surface area contributed by atoms with E-state index < -0.39 is 10.0 Å². The number of carbonyl (C=O) groups is 1. The fourth-order valence-corrected chi connectivity index (χ4v) is 5.02. The summed E-state index contributed by atoms with van der Waals surface area (Å²) in [5.74, 6) is -0.0613. The maximum absolute atomic E-state index is 12.7. The minimum Gasteiger partial charge on any atom is -0.482 e. The van der Waals surface area contributed by atoms with E-state index in [9.17, 15) is 13.2 Å². The Hall–Kier alpha value is -2.09. The highest BCUT2D eigenvalue weighted by Crippen LogP contribution is 2.29. The molecule has 1 N–H and O–H groups in total. The van der Waals surface area contributed by atoms with Gasteiger partial charge in [0.1, 0.15) is 5.75 Å². The van der Waals surface area contributed by atoms with Gasteiger partial charge in [-0.3, -0.25) is 4.79 Å². The van der Waals surface area contributed by atoms with E-state index in [0.717, 1.165) is 30.4 Å². The first-order valence-electron chi connectivity index (χ1n) is 9.57. The summed E-state index contributed by atoms with van der Waals surface area (Å²) < 4.78 is 32.4. The van der Waals surface area contributed by atoms with Crippen LogP contribution >= 0.6 is 11.6 Å². The number of nitrogens with one attached hydrogen (secondary N) is 1. The summed E-state index contributed by atoms with van der Waals surface area (Å²) in [6.45, 7) is 4.79. The van der Waals surface area contributed by atoms with Gasteiger partial charge in [0.15, 0.2) is 6.61 Å². The van der Waals surface area contributed by atoms with Gasteiger partial charge in [-0.1, -0.05) is 24.1 Å². The Bertz CT molecular complexity index is 1000. The van der Waals surface area contributed by atoms with E-state index in [4.69, 9.17) is 16.3 Å². The number of anilines is 1. The van der Waals surface area contributed by atoms with Crippen molar-refractivity contribution in [3.05, 3.63) is 52.5 Å². The topological polar surface area (TPSA) is 75.7 Å². The molecule has 1 saturated heterocycles. The Morgan fingerprint density at radius 1 is 1.07 bits per heavy atom. The van der Waals surface area contributed by atoms with E-state index >= 15 is 0 Å². The molecule has 0 radical (unpaired) electrons. The van der Waals surface area contributed by atoms with Crippen molar-refractivity contribution in [2.45, 2.75) is 38.0 Å². The first kappa shape index (κ1) is 21.6. The van der Waals surface area contributed by atoms with Crippen LogP contribution in [0.15, 0.2) is 41.3 Å². The molecule has 0 spiro atoms. The molecule has 0 atom stereocenters. The first-order valence-corrected chi connectivity index (χ1v) is 11.4. The van der Waals surface area contributed by atoms with E-state index in [0.29, 0.717) is 18.8 Å². The number of nitrogens with zero attached hydrogens (tertiary/aromatic N) is 1. The number of aryl methyl sites for hydroxylation is 2. The van der Waals surface area contributed by atoms with Crippen LogP contribution in [0, 0.1) is 13.8 Å². The average molecular weight is 437 g/mol. The van der Waals surface area contributed by atoms with Gasteiger partial charge in [0.2, 0.25) is 10.0 Å². The number of carbonyl (C=O) groups excluding carboxylic acids is 1. The number of amides is 1. The van der Waals surface area contributed by atoms with Crippen molar-refractivity contribution in [1.29, 1.82) is 0 Å². The summed E-state index contributed by atoms with van der Waals surface area (Å²) in [6.07, 6.45) is 2.78. The smallest absolute Gasteiger partial charge is 0.262 e. The summed E-state index contributed by atoms with van der Waals surface area (Å²) in [5.41, 5.74) is 2.92. The number of halogens is 1. The molecule has 1 aliphatic heterocycles. The average Bonchev–Trinajstić information content (AvgIpc) is 2.70. The molecule has 0 saturated carbocycles. The second-order valence-corrected chi connectivity index (χ2v) is 9.54. The lowest BCUT2D eigenvalue weighted by Crippen LogP contribution is -2.35. The van der Waals surface area contributed by atoms with Crippen LogP contribution in [0.25, 0.3) is 0 Å². The van der Waals surface area contributed by atoms with Gasteiger partial charge in [-0.25, -0.2) is 8.42 Å². The number of sulfonamides is 1. The van der Waals surface area contributed by atoms with Crippen molar-refractivity contribution in [3.8, 4) is 5.75 Å². The number of ether oxygens (including phenoxy) is 1. The van der Waals surface area contributed by atoms with Crippen molar-refractivity contribution in [1.82, 2.24) is 4.31 Å². The van der Waals surface area contributed by atoms with Crippen molar-refractivity contribution in [2.75, 3.05) is 25.0 Å². The fraction of sp³-hybridized carbons (Fsp3) is 0.381. The Balaban J connectivity index is 1.63. The molecule has 156 valence electrons. The lowest BCUT2D eigenvalue weighted by molar-refractivity contribution is -0.118. The molecule has 0 bridgehead atoms. The molecule has 1 heterocycles. The predicted octanol–water partition coefficient (Wildman–Crippen LogP) is 4.15. The maximum atomic E-state index is 12.7. The first-order chi connectivity index (χ1) is 13.8. The van der Waals surface area contributed by atoms with Crippen molar-refractivity contribution < 1.29 is 17.9 Å². The van der Waals surface area contributed by atoms with Crippen LogP contribution in [0.2, 0.25) is 5.02 Å². The highest BCUT2D eigenvalue weighted by Gasteiger charge is 2.26. The van der Waals surface area contributed by atoms with E-state index in [-0.39, 0.29) is 28.2 Å². The molecule has 1 fully saturated rings. The van der Waals surface area contributed by atoms with Gasteiger partial charge in [-0.05, 0) is 68.1 Å². The Morgan fingerprint density at radius 2 is 1.79 bits per heavy atom.